The Morgan fingerprint density at radius 3 is 2.00 bits per heavy atom. The molecule has 0 heterocycles. The van der Waals surface area contributed by atoms with Crippen molar-refractivity contribution in [2.24, 2.45) is 0 Å². The minimum absolute atomic E-state index is 0.465. The number of carbonyl (C=O) groups is 1. The van der Waals surface area contributed by atoms with Crippen LogP contribution in [0.5, 0.6) is 0 Å². The minimum Gasteiger partial charge on any atom is -0.355 e. The molecule has 0 aromatic heterocycles. The highest BCUT2D eigenvalue weighted by atomic mass is 32.2. The zero-order valence-corrected chi connectivity index (χ0v) is 11.3. The normalized spacial score (nSPS) is 15.4. The molecule has 0 N–H and O–H groups in total. The van der Waals surface area contributed by atoms with E-state index in [1.54, 1.807) is 0 Å². The molecule has 0 fully saturated rings. The number of alkyl halides is 3. The van der Waals surface area contributed by atoms with Crippen LogP contribution in [-0.4, -0.2) is 33.9 Å². The number of hydrogen-bond donors (Lipinski definition) is 0. The molecule has 0 radical (unpaired) electrons. The van der Waals surface area contributed by atoms with Gasteiger partial charge in [0, 0.05) is 12.7 Å². The molecule has 0 unspecified atom stereocenters. The van der Waals surface area contributed by atoms with Crippen LogP contribution < -0.4 is 0 Å². The van der Waals surface area contributed by atoms with Crippen LogP contribution in [0.3, 0.4) is 0 Å². The number of hydrogen-bond acceptors (Lipinski definition) is 5. The van der Waals surface area contributed by atoms with Crippen LogP contribution >= 0.6 is 0 Å². The van der Waals surface area contributed by atoms with Gasteiger partial charge in [-0.05, 0) is 0 Å². The van der Waals surface area contributed by atoms with Crippen molar-refractivity contribution < 1.29 is 35.3 Å². The smallest absolute Gasteiger partial charge is 0.355 e. The van der Waals surface area contributed by atoms with E-state index < -0.39 is 33.4 Å². The van der Waals surface area contributed by atoms with Crippen LogP contribution in [0.2, 0.25) is 0 Å². The Balaban J connectivity index is 3.46. The van der Waals surface area contributed by atoms with Gasteiger partial charge in [0.1, 0.15) is 0 Å². The molecule has 0 aliphatic carbocycles. The lowest BCUT2D eigenvalue weighted by Crippen LogP contribution is -2.52. The van der Waals surface area contributed by atoms with Gasteiger partial charge in [-0.2, -0.15) is 21.6 Å². The van der Waals surface area contributed by atoms with Crippen molar-refractivity contribution in [3.63, 3.8) is 0 Å². The Morgan fingerprint density at radius 2 is 1.65 bits per heavy atom. The zero-order chi connectivity index (χ0) is 15.6. The van der Waals surface area contributed by atoms with E-state index in [1.807, 2.05) is 0 Å². The van der Waals surface area contributed by atoms with E-state index in [-0.39, 0.29) is 0 Å². The van der Waals surface area contributed by atoms with Gasteiger partial charge in [0.15, 0.2) is 0 Å². The highest BCUT2D eigenvalue weighted by molar-refractivity contribution is 7.86. The van der Waals surface area contributed by atoms with E-state index in [2.05, 4.69) is 8.92 Å². The molecule has 0 saturated carbocycles. The second kappa shape index (κ2) is 5.41. The summed E-state index contributed by atoms with van der Waals surface area (Å²) in [6, 6.07) is 5.91. The molecule has 0 aliphatic rings. The van der Waals surface area contributed by atoms with Gasteiger partial charge >= 0.3 is 22.3 Å². The van der Waals surface area contributed by atoms with Crippen LogP contribution in [0.25, 0.3) is 0 Å². The fourth-order valence-corrected chi connectivity index (χ4v) is 1.98. The number of rotatable bonds is 4. The molecule has 0 saturated heterocycles. The van der Waals surface area contributed by atoms with E-state index >= 15 is 0 Å². The van der Waals surface area contributed by atoms with Gasteiger partial charge in [-0.25, -0.2) is 4.79 Å². The van der Waals surface area contributed by atoms with Crippen molar-refractivity contribution in [2.45, 2.75) is 11.8 Å². The molecule has 0 amide bonds. The van der Waals surface area contributed by atoms with Crippen LogP contribution in [0.4, 0.5) is 13.2 Å². The highest BCUT2D eigenvalue weighted by Crippen LogP contribution is 2.43. The third kappa shape index (κ3) is 3.10. The van der Waals surface area contributed by atoms with Crippen molar-refractivity contribution in [3.8, 4) is 0 Å². The Labute approximate surface area is 113 Å². The minimum atomic E-state index is -5.20. The first-order valence-corrected chi connectivity index (χ1v) is 6.97. The molecule has 0 bridgehead atoms. The molecule has 0 spiro atoms. The third-order valence-electron chi connectivity index (χ3n) is 2.40. The molecule has 1 rings (SSSR count). The molecule has 0 aliphatic heterocycles. The maximum absolute atomic E-state index is 13.3. The first-order chi connectivity index (χ1) is 9.04. The van der Waals surface area contributed by atoms with Crippen LogP contribution in [0.1, 0.15) is 5.56 Å². The summed E-state index contributed by atoms with van der Waals surface area (Å²) in [6.07, 6.45) is -4.74. The van der Waals surface area contributed by atoms with Gasteiger partial charge in [0.05, 0.1) is 6.26 Å². The molecule has 9 heteroatoms. The van der Waals surface area contributed by atoms with Gasteiger partial charge < -0.3 is 8.92 Å². The Kier molecular flexibility index (Phi) is 4.45. The molecule has 5 nitrogen and oxygen atoms in total. The molecule has 20 heavy (non-hydrogen) atoms. The van der Waals surface area contributed by atoms with Crippen LogP contribution in [0.15, 0.2) is 30.3 Å². The summed E-state index contributed by atoms with van der Waals surface area (Å²) in [6.45, 7) is 0. The fraction of sp³-hybridized carbons (Fsp3) is 0.364. The van der Waals surface area contributed by atoms with Crippen molar-refractivity contribution in [1.29, 1.82) is 0 Å². The Hall–Kier alpha value is -1.61. The highest BCUT2D eigenvalue weighted by Gasteiger charge is 2.64. The monoisotopic (exact) mass is 312 g/mol. The quantitative estimate of drug-likeness (QED) is 0.790. The summed E-state index contributed by atoms with van der Waals surface area (Å²) in [5.41, 5.74) is -4.08. The van der Waals surface area contributed by atoms with Gasteiger partial charge in [-0.15, -0.1) is 0 Å². The second-order valence-corrected chi connectivity index (χ2v) is 5.40. The molecule has 1 atom stereocenters. The van der Waals surface area contributed by atoms with Crippen molar-refractivity contribution >= 4 is 16.1 Å². The first-order valence-electron chi connectivity index (χ1n) is 5.16. The summed E-state index contributed by atoms with van der Waals surface area (Å²) >= 11 is 0. The SMILES string of the molecule is CO[C@](C(=O)OS(C)(=O)=O)(c1ccccc1)C(F)(F)F. The second-order valence-electron chi connectivity index (χ2n) is 3.82. The standard InChI is InChI=1S/C11H11F3O5S/c1-18-10(11(12,13)14,8-6-4-3-5-7-8)9(15)19-20(2,16)17/h3-7H,1-2H3/t10-/m0/s1. The summed E-state index contributed by atoms with van der Waals surface area (Å²) in [5, 5.41) is 0. The molecular weight excluding hydrogens is 301 g/mol. The van der Waals surface area contributed by atoms with Crippen molar-refractivity contribution in [1.82, 2.24) is 0 Å². The van der Waals surface area contributed by atoms with Crippen LogP contribution in [-0.2, 0) is 29.4 Å². The predicted octanol–water partition coefficient (Wildman–Crippen LogP) is 1.59. The average Bonchev–Trinajstić information content (AvgIpc) is 2.27. The number of methoxy groups -OCH3 is 1. The summed E-state index contributed by atoms with van der Waals surface area (Å²) < 4.78 is 69.8. The third-order valence-corrected chi connectivity index (χ3v) is 2.85. The van der Waals surface area contributed by atoms with E-state index in [0.717, 1.165) is 12.1 Å². The Bertz CT molecular complexity index is 582. The first kappa shape index (κ1) is 16.4. The zero-order valence-electron chi connectivity index (χ0n) is 10.5. The molecule has 1 aromatic carbocycles. The number of ether oxygens (including phenoxy) is 1. The lowest BCUT2D eigenvalue weighted by atomic mass is 9.93. The summed E-state index contributed by atoms with van der Waals surface area (Å²) in [5.74, 6) is -2.07. The molecule has 1 aromatic rings. The van der Waals surface area contributed by atoms with Gasteiger partial charge in [-0.1, -0.05) is 30.3 Å². The number of carbonyl (C=O) groups excluding carboxylic acids is 1. The summed E-state index contributed by atoms with van der Waals surface area (Å²) in [7, 11) is -3.77. The average molecular weight is 312 g/mol. The van der Waals surface area contributed by atoms with E-state index in [9.17, 15) is 26.4 Å². The van der Waals surface area contributed by atoms with Gasteiger partial charge in [-0.3, -0.25) is 0 Å². The summed E-state index contributed by atoms with van der Waals surface area (Å²) in [4.78, 5) is 11.7. The maximum Gasteiger partial charge on any atom is 0.432 e. The van der Waals surface area contributed by atoms with E-state index in [0.29, 0.717) is 13.4 Å². The molecule has 112 valence electrons. The van der Waals surface area contributed by atoms with Crippen molar-refractivity contribution in [3.05, 3.63) is 35.9 Å². The lowest BCUT2D eigenvalue weighted by Gasteiger charge is -2.31. The van der Waals surface area contributed by atoms with Crippen LogP contribution in [0, 0.1) is 0 Å². The van der Waals surface area contributed by atoms with E-state index in [4.69, 9.17) is 0 Å². The Morgan fingerprint density at radius 1 is 1.15 bits per heavy atom. The van der Waals surface area contributed by atoms with Gasteiger partial charge in [0.25, 0.3) is 5.60 Å². The lowest BCUT2D eigenvalue weighted by molar-refractivity contribution is -0.272. The largest absolute Gasteiger partial charge is 0.432 e. The maximum atomic E-state index is 13.3. The molecular formula is C11H11F3O5S. The van der Waals surface area contributed by atoms with Gasteiger partial charge in [0.2, 0.25) is 0 Å². The predicted molar refractivity (Wildman–Crippen MR) is 62.1 cm³/mol. The number of benzene rings is 1. The number of halogens is 3. The topological polar surface area (TPSA) is 69.7 Å². The van der Waals surface area contributed by atoms with E-state index in [1.165, 1.54) is 18.2 Å². The fourth-order valence-electron chi connectivity index (χ4n) is 1.58. The van der Waals surface area contributed by atoms with Crippen molar-refractivity contribution in [2.75, 3.05) is 13.4 Å².